The summed E-state index contributed by atoms with van der Waals surface area (Å²) in [5, 5.41) is 12.3. The van der Waals surface area contributed by atoms with Crippen LogP contribution >= 0.6 is 0 Å². The molecule has 0 saturated heterocycles. The Labute approximate surface area is 102 Å². The summed E-state index contributed by atoms with van der Waals surface area (Å²) in [6.07, 6.45) is 3.94. The highest BCUT2D eigenvalue weighted by Crippen LogP contribution is 2.04. The van der Waals surface area contributed by atoms with Gasteiger partial charge in [0, 0.05) is 19.2 Å². The summed E-state index contributed by atoms with van der Waals surface area (Å²) in [7, 11) is 0. The van der Waals surface area contributed by atoms with Gasteiger partial charge < -0.3 is 10.4 Å². The van der Waals surface area contributed by atoms with Crippen LogP contribution in [0.4, 0.5) is 4.39 Å². The highest BCUT2D eigenvalue weighted by Gasteiger charge is 2.08. The molecular weight excluding hydrogens is 217 g/mol. The van der Waals surface area contributed by atoms with E-state index < -0.39 is 0 Å². The van der Waals surface area contributed by atoms with Crippen LogP contribution < -0.4 is 5.32 Å². The van der Waals surface area contributed by atoms with Gasteiger partial charge in [0.1, 0.15) is 5.82 Å². The lowest BCUT2D eigenvalue weighted by molar-refractivity contribution is 0.209. The molecule has 1 rings (SSSR count). The maximum absolute atomic E-state index is 12.6. The molecule has 0 aliphatic heterocycles. The number of halogens is 1. The maximum Gasteiger partial charge on any atom is 0.123 e. The first-order valence-electron chi connectivity index (χ1n) is 5.90. The van der Waals surface area contributed by atoms with E-state index in [1.54, 1.807) is 12.1 Å². The molecule has 3 heteroatoms. The maximum atomic E-state index is 12.6. The molecule has 2 atom stereocenters. The molecule has 2 unspecified atom stereocenters. The summed E-state index contributed by atoms with van der Waals surface area (Å²) in [4.78, 5) is 0. The van der Waals surface area contributed by atoms with E-state index in [0.717, 1.165) is 12.1 Å². The monoisotopic (exact) mass is 237 g/mol. The molecule has 0 amide bonds. The van der Waals surface area contributed by atoms with Gasteiger partial charge in [-0.2, -0.15) is 0 Å². The number of aliphatic hydroxyl groups is 1. The van der Waals surface area contributed by atoms with Crippen LogP contribution in [0.3, 0.4) is 0 Å². The van der Waals surface area contributed by atoms with Crippen molar-refractivity contribution < 1.29 is 9.50 Å². The molecular formula is C14H20FNO. The molecule has 0 spiro atoms. The van der Waals surface area contributed by atoms with Crippen LogP contribution in [0, 0.1) is 11.7 Å². The van der Waals surface area contributed by atoms with E-state index in [4.69, 9.17) is 5.11 Å². The van der Waals surface area contributed by atoms with Crippen molar-refractivity contribution in [1.82, 2.24) is 5.32 Å². The molecule has 0 saturated carbocycles. The molecule has 94 valence electrons. The predicted molar refractivity (Wildman–Crippen MR) is 69.1 cm³/mol. The van der Waals surface area contributed by atoms with E-state index >= 15 is 0 Å². The summed E-state index contributed by atoms with van der Waals surface area (Å²) >= 11 is 0. The van der Waals surface area contributed by atoms with E-state index in [0.29, 0.717) is 0 Å². The predicted octanol–water partition coefficient (Wildman–Crippen LogP) is 2.45. The average Bonchev–Trinajstić information content (AvgIpc) is 2.35. The summed E-state index contributed by atoms with van der Waals surface area (Å²) < 4.78 is 12.6. The van der Waals surface area contributed by atoms with Gasteiger partial charge in [0.05, 0.1) is 0 Å². The molecule has 0 aromatic heterocycles. The lowest BCUT2D eigenvalue weighted by Crippen LogP contribution is -2.33. The van der Waals surface area contributed by atoms with Crippen LogP contribution in [0.1, 0.15) is 19.4 Å². The van der Waals surface area contributed by atoms with Gasteiger partial charge in [0.25, 0.3) is 0 Å². The molecule has 0 fully saturated rings. The summed E-state index contributed by atoms with van der Waals surface area (Å²) in [5.74, 6) is 0.0277. The number of hydrogen-bond acceptors (Lipinski definition) is 2. The van der Waals surface area contributed by atoms with Crippen molar-refractivity contribution in [2.45, 2.75) is 19.9 Å². The molecule has 0 bridgehead atoms. The van der Waals surface area contributed by atoms with Gasteiger partial charge in [-0.3, -0.25) is 0 Å². The van der Waals surface area contributed by atoms with Crippen LogP contribution in [-0.4, -0.2) is 24.3 Å². The molecule has 17 heavy (non-hydrogen) atoms. The van der Waals surface area contributed by atoms with Crippen molar-refractivity contribution in [3.8, 4) is 0 Å². The Morgan fingerprint density at radius 2 is 1.94 bits per heavy atom. The zero-order chi connectivity index (χ0) is 12.7. The number of aliphatic hydroxyl groups excluding tert-OH is 1. The molecule has 0 aliphatic carbocycles. The fraction of sp³-hybridized carbons (Fsp3) is 0.429. The Kier molecular flexibility index (Phi) is 5.87. The van der Waals surface area contributed by atoms with E-state index in [1.807, 2.05) is 26.0 Å². The first-order valence-corrected chi connectivity index (χ1v) is 5.90. The van der Waals surface area contributed by atoms with Gasteiger partial charge in [-0.05, 0) is 30.5 Å². The number of benzene rings is 1. The van der Waals surface area contributed by atoms with E-state index in [-0.39, 0.29) is 24.4 Å². The van der Waals surface area contributed by atoms with Crippen LogP contribution in [0.15, 0.2) is 30.3 Å². The van der Waals surface area contributed by atoms with E-state index in [2.05, 4.69) is 5.32 Å². The van der Waals surface area contributed by atoms with Crippen molar-refractivity contribution in [2.75, 3.05) is 13.2 Å². The Bertz CT molecular complexity index is 348. The van der Waals surface area contributed by atoms with Gasteiger partial charge in [-0.25, -0.2) is 4.39 Å². The second-order valence-electron chi connectivity index (χ2n) is 4.31. The second kappa shape index (κ2) is 7.20. The third kappa shape index (κ3) is 5.11. The van der Waals surface area contributed by atoms with Gasteiger partial charge >= 0.3 is 0 Å². The largest absolute Gasteiger partial charge is 0.396 e. The second-order valence-corrected chi connectivity index (χ2v) is 4.31. The molecule has 0 radical (unpaired) electrons. The van der Waals surface area contributed by atoms with Gasteiger partial charge in [0.2, 0.25) is 0 Å². The number of rotatable bonds is 6. The van der Waals surface area contributed by atoms with Gasteiger partial charge in [-0.15, -0.1) is 0 Å². The molecule has 0 aliphatic rings. The Morgan fingerprint density at radius 3 is 2.53 bits per heavy atom. The van der Waals surface area contributed by atoms with Crippen molar-refractivity contribution in [1.29, 1.82) is 0 Å². The first-order chi connectivity index (χ1) is 8.13. The van der Waals surface area contributed by atoms with Crippen molar-refractivity contribution in [3.63, 3.8) is 0 Å². The van der Waals surface area contributed by atoms with Crippen molar-refractivity contribution in [2.24, 2.45) is 5.92 Å². The summed E-state index contributed by atoms with van der Waals surface area (Å²) in [5.41, 5.74) is 0.982. The average molecular weight is 237 g/mol. The Hall–Kier alpha value is -1.19. The van der Waals surface area contributed by atoms with E-state index in [9.17, 15) is 4.39 Å². The van der Waals surface area contributed by atoms with Crippen LogP contribution in [0.5, 0.6) is 0 Å². The fourth-order valence-corrected chi connectivity index (χ4v) is 1.38. The zero-order valence-electron chi connectivity index (χ0n) is 10.4. The Morgan fingerprint density at radius 1 is 1.29 bits per heavy atom. The summed E-state index contributed by atoms with van der Waals surface area (Å²) in [6, 6.07) is 6.66. The van der Waals surface area contributed by atoms with Gasteiger partial charge in [0.15, 0.2) is 0 Å². The molecule has 2 nitrogen and oxygen atoms in total. The minimum atomic E-state index is -0.217. The zero-order valence-corrected chi connectivity index (χ0v) is 10.4. The number of hydrogen-bond donors (Lipinski definition) is 2. The third-order valence-corrected chi connectivity index (χ3v) is 2.88. The third-order valence-electron chi connectivity index (χ3n) is 2.88. The minimum absolute atomic E-state index is 0.190. The first kappa shape index (κ1) is 13.9. The smallest absolute Gasteiger partial charge is 0.123 e. The topological polar surface area (TPSA) is 32.3 Å². The Balaban J connectivity index is 2.33. The van der Waals surface area contributed by atoms with Crippen molar-refractivity contribution in [3.05, 3.63) is 41.7 Å². The lowest BCUT2D eigenvalue weighted by atomic mass is 10.1. The van der Waals surface area contributed by atoms with Crippen LogP contribution in [-0.2, 0) is 0 Å². The number of nitrogens with one attached hydrogen (secondary N) is 1. The molecule has 1 aromatic carbocycles. The highest BCUT2D eigenvalue weighted by atomic mass is 19.1. The standard InChI is InChI=1S/C14H20FNO/c1-11(10-17)12(2)16-9-3-4-13-5-7-14(15)8-6-13/h3-8,11-12,16-17H,9-10H2,1-2H3/b4-3+. The lowest BCUT2D eigenvalue weighted by Gasteiger charge is -2.17. The molecule has 2 N–H and O–H groups in total. The SMILES string of the molecule is CC(CO)C(C)NC/C=C/c1ccc(F)cc1. The minimum Gasteiger partial charge on any atom is -0.396 e. The quantitative estimate of drug-likeness (QED) is 0.796. The molecule has 0 heterocycles. The highest BCUT2D eigenvalue weighted by molar-refractivity contribution is 5.48. The normalized spacial score (nSPS) is 15.1. The summed E-state index contributed by atoms with van der Waals surface area (Å²) in [6.45, 7) is 4.98. The van der Waals surface area contributed by atoms with Crippen molar-refractivity contribution >= 4 is 6.08 Å². The van der Waals surface area contributed by atoms with Crippen LogP contribution in [0.25, 0.3) is 6.08 Å². The van der Waals surface area contributed by atoms with E-state index in [1.165, 1.54) is 12.1 Å². The van der Waals surface area contributed by atoms with Gasteiger partial charge in [-0.1, -0.05) is 31.2 Å². The van der Waals surface area contributed by atoms with Crippen LogP contribution in [0.2, 0.25) is 0 Å². The fourth-order valence-electron chi connectivity index (χ4n) is 1.38. The molecule has 1 aromatic rings.